The lowest BCUT2D eigenvalue weighted by atomic mass is 10.0. The van der Waals surface area contributed by atoms with E-state index >= 15 is 0 Å². The Morgan fingerprint density at radius 3 is 2.81 bits per heavy atom. The Morgan fingerprint density at radius 2 is 2.06 bits per heavy atom. The second kappa shape index (κ2) is 4.72. The molecule has 16 heavy (non-hydrogen) atoms. The minimum absolute atomic E-state index is 0.490. The highest BCUT2D eigenvalue weighted by molar-refractivity contribution is 5.65. The topological polar surface area (TPSA) is 63.8 Å². The van der Waals surface area contributed by atoms with Crippen LogP contribution in [0, 0.1) is 0 Å². The molecule has 1 aromatic carbocycles. The van der Waals surface area contributed by atoms with Crippen molar-refractivity contribution in [2.45, 2.75) is 6.54 Å². The molecule has 0 spiro atoms. The number of rotatable bonds is 3. The second-order valence-electron chi connectivity index (χ2n) is 3.52. The van der Waals surface area contributed by atoms with Gasteiger partial charge >= 0.3 is 0 Å². The SMILES string of the molecule is CNCc1ccccc1-c1cc(N)ncn1. The lowest BCUT2D eigenvalue weighted by molar-refractivity contribution is 0.819. The van der Waals surface area contributed by atoms with E-state index in [9.17, 15) is 0 Å². The van der Waals surface area contributed by atoms with Crippen molar-refractivity contribution in [3.63, 3.8) is 0 Å². The summed E-state index contributed by atoms with van der Waals surface area (Å²) in [6.07, 6.45) is 1.49. The fourth-order valence-corrected chi connectivity index (χ4v) is 1.63. The summed E-state index contributed by atoms with van der Waals surface area (Å²) in [5.74, 6) is 0.490. The molecule has 2 rings (SSSR count). The predicted molar refractivity (Wildman–Crippen MR) is 64.6 cm³/mol. The van der Waals surface area contributed by atoms with Gasteiger partial charge in [-0.1, -0.05) is 24.3 Å². The van der Waals surface area contributed by atoms with E-state index in [1.165, 1.54) is 11.9 Å². The van der Waals surface area contributed by atoms with E-state index in [0.717, 1.165) is 17.8 Å². The van der Waals surface area contributed by atoms with Crippen LogP contribution >= 0.6 is 0 Å². The smallest absolute Gasteiger partial charge is 0.127 e. The Balaban J connectivity index is 2.46. The molecular weight excluding hydrogens is 200 g/mol. The lowest BCUT2D eigenvalue weighted by Crippen LogP contribution is -2.06. The van der Waals surface area contributed by atoms with Gasteiger partial charge in [-0.2, -0.15) is 0 Å². The highest BCUT2D eigenvalue weighted by atomic mass is 14.9. The molecule has 0 radical (unpaired) electrons. The maximum atomic E-state index is 5.65. The van der Waals surface area contributed by atoms with Crippen LogP contribution in [0.1, 0.15) is 5.56 Å². The summed E-state index contributed by atoms with van der Waals surface area (Å²) in [5.41, 5.74) is 8.80. The van der Waals surface area contributed by atoms with E-state index in [2.05, 4.69) is 21.4 Å². The van der Waals surface area contributed by atoms with Crippen molar-refractivity contribution in [2.75, 3.05) is 12.8 Å². The molecule has 0 unspecified atom stereocenters. The summed E-state index contributed by atoms with van der Waals surface area (Å²) in [4.78, 5) is 8.13. The first kappa shape index (κ1) is 10.6. The van der Waals surface area contributed by atoms with E-state index in [1.807, 2.05) is 25.2 Å². The molecular formula is C12H14N4. The van der Waals surface area contributed by atoms with E-state index in [-0.39, 0.29) is 0 Å². The Bertz CT molecular complexity index is 482. The minimum Gasteiger partial charge on any atom is -0.384 e. The number of nitrogens with one attached hydrogen (secondary N) is 1. The van der Waals surface area contributed by atoms with Crippen LogP contribution < -0.4 is 11.1 Å². The van der Waals surface area contributed by atoms with Crippen LogP contribution in [-0.4, -0.2) is 17.0 Å². The number of hydrogen-bond donors (Lipinski definition) is 2. The van der Waals surface area contributed by atoms with E-state index in [1.54, 1.807) is 6.07 Å². The summed E-state index contributed by atoms with van der Waals surface area (Å²) in [6, 6.07) is 9.90. The van der Waals surface area contributed by atoms with Gasteiger partial charge in [-0.3, -0.25) is 0 Å². The van der Waals surface area contributed by atoms with Gasteiger partial charge in [0, 0.05) is 18.2 Å². The zero-order valence-electron chi connectivity index (χ0n) is 9.14. The van der Waals surface area contributed by atoms with Gasteiger partial charge in [0.1, 0.15) is 12.1 Å². The largest absolute Gasteiger partial charge is 0.384 e. The second-order valence-corrected chi connectivity index (χ2v) is 3.52. The monoisotopic (exact) mass is 214 g/mol. The van der Waals surface area contributed by atoms with Crippen molar-refractivity contribution in [3.05, 3.63) is 42.2 Å². The summed E-state index contributed by atoms with van der Waals surface area (Å²) < 4.78 is 0. The van der Waals surface area contributed by atoms with Gasteiger partial charge in [-0.25, -0.2) is 9.97 Å². The molecule has 0 bridgehead atoms. The summed E-state index contributed by atoms with van der Waals surface area (Å²) in [5, 5.41) is 3.13. The first-order valence-electron chi connectivity index (χ1n) is 5.11. The fourth-order valence-electron chi connectivity index (χ4n) is 1.63. The summed E-state index contributed by atoms with van der Waals surface area (Å²) in [6.45, 7) is 0.806. The van der Waals surface area contributed by atoms with Crippen molar-refractivity contribution < 1.29 is 0 Å². The number of aromatic nitrogens is 2. The van der Waals surface area contributed by atoms with Gasteiger partial charge in [0.15, 0.2) is 0 Å². The molecule has 0 aliphatic carbocycles. The molecule has 3 N–H and O–H groups in total. The molecule has 4 heteroatoms. The number of nitrogens with zero attached hydrogens (tertiary/aromatic N) is 2. The van der Waals surface area contributed by atoms with Crippen LogP contribution in [0.25, 0.3) is 11.3 Å². The first-order valence-corrected chi connectivity index (χ1v) is 5.11. The zero-order valence-corrected chi connectivity index (χ0v) is 9.14. The number of nitrogens with two attached hydrogens (primary N) is 1. The van der Waals surface area contributed by atoms with E-state index in [0.29, 0.717) is 5.82 Å². The maximum Gasteiger partial charge on any atom is 0.127 e. The van der Waals surface area contributed by atoms with E-state index < -0.39 is 0 Å². The fraction of sp³-hybridized carbons (Fsp3) is 0.167. The predicted octanol–water partition coefficient (Wildman–Crippen LogP) is 1.45. The van der Waals surface area contributed by atoms with Crippen LogP contribution in [-0.2, 0) is 6.54 Å². The van der Waals surface area contributed by atoms with Gasteiger partial charge in [0.2, 0.25) is 0 Å². The van der Waals surface area contributed by atoms with Gasteiger partial charge in [0.25, 0.3) is 0 Å². The average molecular weight is 214 g/mol. The molecule has 2 aromatic rings. The molecule has 0 aliphatic heterocycles. The number of anilines is 1. The molecule has 0 amide bonds. The van der Waals surface area contributed by atoms with Crippen molar-refractivity contribution in [2.24, 2.45) is 0 Å². The lowest BCUT2D eigenvalue weighted by Gasteiger charge is -2.08. The average Bonchev–Trinajstić information content (AvgIpc) is 2.30. The van der Waals surface area contributed by atoms with Gasteiger partial charge in [-0.05, 0) is 12.6 Å². The Labute approximate surface area is 94.5 Å². The van der Waals surface area contributed by atoms with Crippen LogP contribution in [0.3, 0.4) is 0 Å². The molecule has 4 nitrogen and oxygen atoms in total. The number of hydrogen-bond acceptors (Lipinski definition) is 4. The third kappa shape index (κ3) is 2.17. The number of benzene rings is 1. The van der Waals surface area contributed by atoms with Crippen molar-refractivity contribution in [3.8, 4) is 11.3 Å². The van der Waals surface area contributed by atoms with Crippen molar-refractivity contribution in [1.82, 2.24) is 15.3 Å². The highest BCUT2D eigenvalue weighted by Gasteiger charge is 2.05. The van der Waals surface area contributed by atoms with Crippen molar-refractivity contribution >= 4 is 5.82 Å². The molecule has 0 saturated heterocycles. The Morgan fingerprint density at radius 1 is 1.25 bits per heavy atom. The van der Waals surface area contributed by atoms with E-state index in [4.69, 9.17) is 5.73 Å². The van der Waals surface area contributed by atoms with Crippen LogP contribution in [0.5, 0.6) is 0 Å². The third-order valence-corrected chi connectivity index (χ3v) is 2.35. The quantitative estimate of drug-likeness (QED) is 0.811. The summed E-state index contributed by atoms with van der Waals surface area (Å²) >= 11 is 0. The first-order chi connectivity index (χ1) is 7.81. The minimum atomic E-state index is 0.490. The normalized spacial score (nSPS) is 10.3. The maximum absolute atomic E-state index is 5.65. The molecule has 82 valence electrons. The molecule has 0 atom stereocenters. The van der Waals surface area contributed by atoms with Gasteiger partial charge < -0.3 is 11.1 Å². The Kier molecular flexibility index (Phi) is 3.12. The van der Waals surface area contributed by atoms with Crippen LogP contribution in [0.15, 0.2) is 36.7 Å². The molecule has 0 fully saturated rings. The highest BCUT2D eigenvalue weighted by Crippen LogP contribution is 2.22. The molecule has 0 aliphatic rings. The molecule has 0 saturated carbocycles. The van der Waals surface area contributed by atoms with Gasteiger partial charge in [0.05, 0.1) is 5.69 Å². The van der Waals surface area contributed by atoms with Gasteiger partial charge in [-0.15, -0.1) is 0 Å². The third-order valence-electron chi connectivity index (χ3n) is 2.35. The van der Waals surface area contributed by atoms with Crippen molar-refractivity contribution in [1.29, 1.82) is 0 Å². The zero-order chi connectivity index (χ0) is 11.4. The van der Waals surface area contributed by atoms with Crippen LogP contribution in [0.2, 0.25) is 0 Å². The molecule has 1 aromatic heterocycles. The summed E-state index contributed by atoms with van der Waals surface area (Å²) in [7, 11) is 1.92. The standard InChI is InChI=1S/C12H14N4/c1-14-7-9-4-2-3-5-10(9)11-6-12(13)16-8-15-11/h2-6,8,14H,7H2,1H3,(H2,13,15,16). The Hall–Kier alpha value is -1.94. The number of nitrogen functional groups attached to an aromatic ring is 1. The molecule has 1 heterocycles. The van der Waals surface area contributed by atoms with Crippen LogP contribution in [0.4, 0.5) is 5.82 Å².